The molecule has 0 bridgehead atoms. The van der Waals surface area contributed by atoms with Gasteiger partial charge < -0.3 is 14.4 Å². The topological polar surface area (TPSA) is 54.3 Å². The van der Waals surface area contributed by atoms with E-state index in [0.29, 0.717) is 11.6 Å². The fourth-order valence-corrected chi connectivity index (χ4v) is 3.73. The van der Waals surface area contributed by atoms with Gasteiger partial charge >= 0.3 is 0 Å². The van der Waals surface area contributed by atoms with Gasteiger partial charge in [0.05, 0.1) is 18.4 Å². The summed E-state index contributed by atoms with van der Waals surface area (Å²) in [6.07, 6.45) is 5.51. The second kappa shape index (κ2) is 7.48. The van der Waals surface area contributed by atoms with Crippen LogP contribution in [0.2, 0.25) is 0 Å². The van der Waals surface area contributed by atoms with Crippen LogP contribution in [0.5, 0.6) is 0 Å². The number of nitrogens with zero attached hydrogens (tertiary/aromatic N) is 5. The van der Waals surface area contributed by atoms with E-state index < -0.39 is 0 Å². The van der Waals surface area contributed by atoms with Crippen molar-refractivity contribution in [2.75, 3.05) is 27.2 Å². The summed E-state index contributed by atoms with van der Waals surface area (Å²) in [5.41, 5.74) is 3.39. The second-order valence-electron chi connectivity index (χ2n) is 7.41. The summed E-state index contributed by atoms with van der Waals surface area (Å²) in [5, 5.41) is 0. The number of amides is 1. The molecular formula is C21H25N5O. The second-order valence-corrected chi connectivity index (χ2v) is 7.41. The van der Waals surface area contributed by atoms with Crippen LogP contribution in [0.1, 0.15) is 28.8 Å². The van der Waals surface area contributed by atoms with Crippen molar-refractivity contribution < 1.29 is 4.79 Å². The Bertz CT molecular complexity index is 926. The van der Waals surface area contributed by atoms with Gasteiger partial charge in [0.1, 0.15) is 5.52 Å². The van der Waals surface area contributed by atoms with Crippen LogP contribution < -0.4 is 0 Å². The van der Waals surface area contributed by atoms with Crippen molar-refractivity contribution >= 4 is 17.1 Å². The van der Waals surface area contributed by atoms with Crippen LogP contribution in [-0.2, 0) is 6.54 Å². The first-order valence-electron chi connectivity index (χ1n) is 9.42. The van der Waals surface area contributed by atoms with Crippen LogP contribution in [0.3, 0.4) is 0 Å². The highest BCUT2D eigenvalue weighted by Crippen LogP contribution is 2.19. The maximum absolute atomic E-state index is 12.9. The molecule has 0 N–H and O–H groups in total. The van der Waals surface area contributed by atoms with E-state index in [2.05, 4.69) is 41.1 Å². The number of fused-ring (bicyclic) bond motifs is 1. The van der Waals surface area contributed by atoms with Gasteiger partial charge in [0.25, 0.3) is 5.91 Å². The number of hydrogen-bond donors (Lipinski definition) is 0. The van der Waals surface area contributed by atoms with Crippen LogP contribution in [0.25, 0.3) is 11.2 Å². The smallest absolute Gasteiger partial charge is 0.255 e. The number of carbonyl (C=O) groups excluding carboxylic acids is 1. The Hall–Kier alpha value is -2.73. The number of carbonyl (C=O) groups is 1. The highest BCUT2D eigenvalue weighted by atomic mass is 16.2. The van der Waals surface area contributed by atoms with E-state index in [1.54, 1.807) is 12.5 Å². The molecule has 0 atom stereocenters. The van der Waals surface area contributed by atoms with Crippen molar-refractivity contribution in [3.8, 4) is 0 Å². The Morgan fingerprint density at radius 2 is 1.89 bits per heavy atom. The fourth-order valence-electron chi connectivity index (χ4n) is 3.73. The molecule has 6 heteroatoms. The van der Waals surface area contributed by atoms with Gasteiger partial charge in [-0.25, -0.2) is 9.97 Å². The third kappa shape index (κ3) is 3.71. The minimum Gasteiger partial charge on any atom is -0.338 e. The van der Waals surface area contributed by atoms with Crippen LogP contribution in [0.4, 0.5) is 0 Å². The molecule has 4 rings (SSSR count). The Balaban J connectivity index is 1.50. The van der Waals surface area contributed by atoms with Gasteiger partial charge in [-0.15, -0.1) is 0 Å². The largest absolute Gasteiger partial charge is 0.338 e. The first kappa shape index (κ1) is 17.7. The van der Waals surface area contributed by atoms with Gasteiger partial charge in [-0.05, 0) is 38.6 Å². The van der Waals surface area contributed by atoms with E-state index in [1.807, 2.05) is 33.7 Å². The molecule has 1 aliphatic rings. The molecule has 0 aliphatic carbocycles. The van der Waals surface area contributed by atoms with Gasteiger partial charge in [-0.2, -0.15) is 0 Å². The van der Waals surface area contributed by atoms with Crippen molar-refractivity contribution in [3.05, 3.63) is 60.0 Å². The molecule has 6 nitrogen and oxygen atoms in total. The van der Waals surface area contributed by atoms with Gasteiger partial charge in [0, 0.05) is 25.3 Å². The standard InChI is InChI=1S/C21H25N5O/c1-24(2)18-8-10-25(11-9-18)21(27)17-12-19-20(22-13-17)26(15-23-19)14-16-6-4-3-5-7-16/h3-7,12-13,15,18H,8-11,14H2,1-2H3. The predicted octanol–water partition coefficient (Wildman–Crippen LogP) is 2.65. The summed E-state index contributed by atoms with van der Waals surface area (Å²) < 4.78 is 2.02. The number of hydrogen-bond acceptors (Lipinski definition) is 4. The zero-order chi connectivity index (χ0) is 18.8. The molecule has 3 heterocycles. The molecule has 0 spiro atoms. The average Bonchev–Trinajstić information content (AvgIpc) is 3.10. The number of aromatic nitrogens is 3. The van der Waals surface area contributed by atoms with E-state index >= 15 is 0 Å². The number of rotatable bonds is 4. The zero-order valence-corrected chi connectivity index (χ0v) is 15.9. The molecule has 2 aromatic heterocycles. The van der Waals surface area contributed by atoms with E-state index in [4.69, 9.17) is 0 Å². The number of likely N-dealkylation sites (tertiary alicyclic amines) is 1. The minimum absolute atomic E-state index is 0.0548. The van der Waals surface area contributed by atoms with Crippen molar-refractivity contribution in [2.45, 2.75) is 25.4 Å². The molecule has 0 radical (unpaired) electrons. The molecule has 140 valence electrons. The number of pyridine rings is 1. The normalized spacial score (nSPS) is 15.6. The fraction of sp³-hybridized carbons (Fsp3) is 0.381. The molecule has 1 amide bonds. The SMILES string of the molecule is CN(C)C1CCN(C(=O)c2cnc3c(c2)ncn3Cc2ccccc2)CC1. The highest BCUT2D eigenvalue weighted by molar-refractivity contribution is 5.96. The number of benzene rings is 1. The Morgan fingerprint density at radius 3 is 2.59 bits per heavy atom. The summed E-state index contributed by atoms with van der Waals surface area (Å²) in [5.74, 6) is 0.0548. The quantitative estimate of drug-likeness (QED) is 0.715. The van der Waals surface area contributed by atoms with Crippen LogP contribution in [0.15, 0.2) is 48.9 Å². The van der Waals surface area contributed by atoms with Crippen LogP contribution in [-0.4, -0.2) is 63.5 Å². The molecule has 3 aromatic rings. The minimum atomic E-state index is 0.0548. The number of piperidine rings is 1. The Kier molecular flexibility index (Phi) is 4.90. The van der Waals surface area contributed by atoms with Crippen molar-refractivity contribution in [1.29, 1.82) is 0 Å². The molecule has 0 unspecified atom stereocenters. The van der Waals surface area contributed by atoms with Gasteiger partial charge in [-0.3, -0.25) is 4.79 Å². The molecule has 0 saturated carbocycles. The zero-order valence-electron chi connectivity index (χ0n) is 15.9. The third-order valence-corrected chi connectivity index (χ3v) is 5.38. The first-order chi connectivity index (χ1) is 13.1. The average molecular weight is 363 g/mol. The monoisotopic (exact) mass is 363 g/mol. The van der Waals surface area contributed by atoms with Gasteiger partial charge in [0.15, 0.2) is 5.65 Å². The molecular weight excluding hydrogens is 338 g/mol. The lowest BCUT2D eigenvalue weighted by Crippen LogP contribution is -2.44. The van der Waals surface area contributed by atoms with Crippen LogP contribution in [0, 0.1) is 0 Å². The van der Waals surface area contributed by atoms with E-state index in [0.717, 1.165) is 43.6 Å². The molecule has 1 saturated heterocycles. The number of imidazole rings is 1. The maximum atomic E-state index is 12.9. The molecule has 27 heavy (non-hydrogen) atoms. The van der Waals surface area contributed by atoms with Crippen molar-refractivity contribution in [2.24, 2.45) is 0 Å². The van der Waals surface area contributed by atoms with Crippen LogP contribution >= 0.6 is 0 Å². The van der Waals surface area contributed by atoms with Gasteiger partial charge in [-0.1, -0.05) is 30.3 Å². The predicted molar refractivity (Wildman–Crippen MR) is 106 cm³/mol. The molecule has 1 aliphatic heterocycles. The third-order valence-electron chi connectivity index (χ3n) is 5.38. The lowest BCUT2D eigenvalue weighted by Gasteiger charge is -2.35. The maximum Gasteiger partial charge on any atom is 0.255 e. The first-order valence-corrected chi connectivity index (χ1v) is 9.42. The molecule has 1 fully saturated rings. The summed E-state index contributed by atoms with van der Waals surface area (Å²) in [6, 6.07) is 12.7. The van der Waals surface area contributed by atoms with E-state index in [9.17, 15) is 4.79 Å². The summed E-state index contributed by atoms with van der Waals surface area (Å²) in [4.78, 5) is 26.0. The van der Waals surface area contributed by atoms with E-state index in [1.165, 1.54) is 5.56 Å². The van der Waals surface area contributed by atoms with Crippen molar-refractivity contribution in [1.82, 2.24) is 24.3 Å². The van der Waals surface area contributed by atoms with Crippen molar-refractivity contribution in [3.63, 3.8) is 0 Å². The summed E-state index contributed by atoms with van der Waals surface area (Å²) in [6.45, 7) is 2.31. The lowest BCUT2D eigenvalue weighted by molar-refractivity contribution is 0.0663. The summed E-state index contributed by atoms with van der Waals surface area (Å²) >= 11 is 0. The highest BCUT2D eigenvalue weighted by Gasteiger charge is 2.25. The lowest BCUT2D eigenvalue weighted by atomic mass is 10.0. The Morgan fingerprint density at radius 1 is 1.15 bits per heavy atom. The Labute approximate surface area is 159 Å². The molecule has 1 aromatic carbocycles. The van der Waals surface area contributed by atoms with E-state index in [-0.39, 0.29) is 5.91 Å². The summed E-state index contributed by atoms with van der Waals surface area (Å²) in [7, 11) is 4.21. The van der Waals surface area contributed by atoms with Gasteiger partial charge in [0.2, 0.25) is 0 Å².